The van der Waals surface area contributed by atoms with E-state index < -0.39 is 65.0 Å². The van der Waals surface area contributed by atoms with Crippen LogP contribution in [0.1, 0.15) is 36.5 Å². The second kappa shape index (κ2) is 8.87. The molecule has 4 rings (SSSR count). The Morgan fingerprint density at radius 2 is 1.54 bits per heavy atom. The fourth-order valence-electron chi connectivity index (χ4n) is 3.91. The molecule has 35 heavy (non-hydrogen) atoms. The monoisotopic (exact) mass is 514 g/mol. The molecule has 0 aromatic heterocycles. The number of rotatable bonds is 8. The van der Waals surface area contributed by atoms with Crippen molar-refractivity contribution in [2.75, 3.05) is 13.2 Å². The molecule has 2 heterocycles. The lowest BCUT2D eigenvalue weighted by Gasteiger charge is -2.25. The molecule has 13 heteroatoms. The van der Waals surface area contributed by atoms with Gasteiger partial charge in [-0.1, -0.05) is 13.3 Å². The molecule has 192 valence electrons. The van der Waals surface area contributed by atoms with E-state index in [2.05, 4.69) is 4.74 Å². The Morgan fingerprint density at radius 1 is 0.914 bits per heavy atom. The summed E-state index contributed by atoms with van der Waals surface area (Å²) in [4.78, 5) is 0. The molecule has 5 nitrogen and oxygen atoms in total. The van der Waals surface area contributed by atoms with Crippen LogP contribution < -0.4 is 4.74 Å². The number of benzene rings is 2. The molecule has 0 saturated carbocycles. The van der Waals surface area contributed by atoms with E-state index in [0.717, 1.165) is 18.6 Å². The molecule has 0 spiro atoms. The van der Waals surface area contributed by atoms with E-state index >= 15 is 0 Å². The largest absolute Gasteiger partial charge is 0.527 e. The Hall–Kier alpha value is -2.48. The SMILES string of the molecule is CCCC12COC(c3cc(F)c(COc4ccc(C(F)(F)OC(F)(F)F)c(F)c4)c(F)c3)(OC1)O2. The summed E-state index contributed by atoms with van der Waals surface area (Å²) in [5.74, 6) is -6.16. The Kier molecular flexibility index (Phi) is 6.49. The highest BCUT2D eigenvalue weighted by atomic mass is 19.4. The predicted octanol–water partition coefficient (Wildman–Crippen LogP) is 5.99. The third-order valence-electron chi connectivity index (χ3n) is 5.48. The standard InChI is InChI=1S/C22H18F8O5/c1-2-5-19-10-32-21(34-19,33-11-19)12-6-16(23)14(17(24)7-12)9-31-13-3-4-15(18(25)8-13)20(26,27)35-22(28,29)30/h3-4,6-8H,2,5,9-11H2,1H3. The van der Waals surface area contributed by atoms with Crippen LogP contribution in [0, 0.1) is 17.5 Å². The first kappa shape index (κ1) is 25.6. The van der Waals surface area contributed by atoms with Gasteiger partial charge in [0, 0.05) is 11.6 Å². The van der Waals surface area contributed by atoms with Crippen LogP contribution in [0.25, 0.3) is 0 Å². The van der Waals surface area contributed by atoms with Gasteiger partial charge in [0.25, 0.3) is 0 Å². The van der Waals surface area contributed by atoms with Crippen LogP contribution in [0.3, 0.4) is 0 Å². The summed E-state index contributed by atoms with van der Waals surface area (Å²) in [5.41, 5.74) is -3.05. The van der Waals surface area contributed by atoms with Crippen LogP contribution in [0.5, 0.6) is 5.75 Å². The van der Waals surface area contributed by atoms with Crippen molar-refractivity contribution >= 4 is 0 Å². The highest BCUT2D eigenvalue weighted by Crippen LogP contribution is 2.49. The minimum absolute atomic E-state index is 0.0611. The Balaban J connectivity index is 1.48. The lowest BCUT2D eigenvalue weighted by atomic mass is 10.0. The van der Waals surface area contributed by atoms with Gasteiger partial charge in [0.15, 0.2) is 0 Å². The van der Waals surface area contributed by atoms with Crippen molar-refractivity contribution < 1.29 is 58.8 Å². The molecule has 0 unspecified atom stereocenters. The van der Waals surface area contributed by atoms with Crippen LogP contribution >= 0.6 is 0 Å². The molecule has 2 aliphatic heterocycles. The maximum absolute atomic E-state index is 14.7. The van der Waals surface area contributed by atoms with Gasteiger partial charge in [-0.3, -0.25) is 0 Å². The van der Waals surface area contributed by atoms with Crippen molar-refractivity contribution in [1.29, 1.82) is 0 Å². The van der Waals surface area contributed by atoms with Crippen molar-refractivity contribution in [2.45, 2.75) is 50.4 Å². The number of hydrogen-bond acceptors (Lipinski definition) is 5. The van der Waals surface area contributed by atoms with Crippen LogP contribution in [-0.2, 0) is 37.6 Å². The zero-order chi connectivity index (χ0) is 25.6. The van der Waals surface area contributed by atoms with E-state index in [4.69, 9.17) is 18.9 Å². The van der Waals surface area contributed by atoms with E-state index in [-0.39, 0.29) is 18.8 Å². The number of halogens is 8. The summed E-state index contributed by atoms with van der Waals surface area (Å²) in [7, 11) is 0. The van der Waals surface area contributed by atoms with Gasteiger partial charge in [0.05, 0.1) is 24.3 Å². The van der Waals surface area contributed by atoms with Gasteiger partial charge in [-0.2, -0.15) is 8.78 Å². The van der Waals surface area contributed by atoms with Crippen LogP contribution in [0.4, 0.5) is 35.1 Å². The van der Waals surface area contributed by atoms with Gasteiger partial charge in [0.2, 0.25) is 0 Å². The smallest absolute Gasteiger partial charge is 0.489 e. The third-order valence-corrected chi connectivity index (χ3v) is 5.48. The zero-order valence-corrected chi connectivity index (χ0v) is 18.0. The Bertz CT molecular complexity index is 1070. The molecule has 2 aliphatic rings. The maximum Gasteiger partial charge on any atom is 0.527 e. The van der Waals surface area contributed by atoms with Crippen LogP contribution in [-0.4, -0.2) is 25.2 Å². The Morgan fingerprint density at radius 3 is 2.09 bits per heavy atom. The van der Waals surface area contributed by atoms with Crippen molar-refractivity contribution in [3.63, 3.8) is 0 Å². The first-order valence-corrected chi connectivity index (χ1v) is 10.3. The van der Waals surface area contributed by atoms with E-state index in [9.17, 15) is 35.1 Å². The van der Waals surface area contributed by atoms with Crippen molar-refractivity contribution in [1.82, 2.24) is 0 Å². The van der Waals surface area contributed by atoms with Crippen molar-refractivity contribution in [3.05, 3.63) is 64.5 Å². The average Bonchev–Trinajstić information content (AvgIpc) is 3.29. The first-order valence-electron chi connectivity index (χ1n) is 10.3. The lowest BCUT2D eigenvalue weighted by molar-refractivity contribution is -0.432. The Labute approximate surface area is 193 Å². The minimum Gasteiger partial charge on any atom is -0.489 e. The van der Waals surface area contributed by atoms with E-state index in [1.54, 1.807) is 0 Å². The molecule has 0 aliphatic carbocycles. The summed E-state index contributed by atoms with van der Waals surface area (Å²) >= 11 is 0. The van der Waals surface area contributed by atoms with Gasteiger partial charge in [-0.15, -0.1) is 13.2 Å². The second-order valence-electron chi connectivity index (χ2n) is 8.08. The second-order valence-corrected chi connectivity index (χ2v) is 8.08. The fourth-order valence-corrected chi connectivity index (χ4v) is 3.91. The summed E-state index contributed by atoms with van der Waals surface area (Å²) in [6.07, 6.45) is -9.33. The molecular formula is C22H18F8O5. The molecule has 2 bridgehead atoms. The highest BCUT2D eigenvalue weighted by Gasteiger charge is 2.59. The maximum atomic E-state index is 14.7. The van der Waals surface area contributed by atoms with Gasteiger partial charge in [0.1, 0.15) is 35.4 Å². The third kappa shape index (κ3) is 5.08. The fraction of sp³-hybridized carbons (Fsp3) is 0.455. The summed E-state index contributed by atoms with van der Waals surface area (Å²) in [6.45, 7) is 1.51. The van der Waals surface area contributed by atoms with Gasteiger partial charge >= 0.3 is 18.4 Å². The normalized spacial score (nSPS) is 24.3. The summed E-state index contributed by atoms with van der Waals surface area (Å²) < 4.78 is 131. The molecular weight excluding hydrogens is 496 g/mol. The highest BCUT2D eigenvalue weighted by molar-refractivity contribution is 5.32. The van der Waals surface area contributed by atoms with Gasteiger partial charge in [-0.05, 0) is 30.7 Å². The molecule has 0 atom stereocenters. The predicted molar refractivity (Wildman–Crippen MR) is 100 cm³/mol. The number of hydrogen-bond donors (Lipinski definition) is 0. The minimum atomic E-state index is -5.72. The van der Waals surface area contributed by atoms with E-state index in [1.165, 1.54) is 0 Å². The topological polar surface area (TPSA) is 46.2 Å². The molecule has 0 amide bonds. The number of ether oxygens (including phenoxy) is 5. The molecule has 2 aromatic carbocycles. The molecule has 2 aromatic rings. The van der Waals surface area contributed by atoms with Gasteiger partial charge < -0.3 is 18.9 Å². The number of alkyl halides is 5. The quantitative estimate of drug-likeness (QED) is 0.405. The first-order chi connectivity index (χ1) is 16.3. The van der Waals surface area contributed by atoms with Crippen molar-refractivity contribution in [3.8, 4) is 5.75 Å². The zero-order valence-electron chi connectivity index (χ0n) is 18.0. The summed E-state index contributed by atoms with van der Waals surface area (Å²) in [5, 5.41) is 0. The lowest BCUT2D eigenvalue weighted by Crippen LogP contribution is -2.35. The van der Waals surface area contributed by atoms with Crippen molar-refractivity contribution in [2.24, 2.45) is 0 Å². The van der Waals surface area contributed by atoms with E-state index in [0.29, 0.717) is 24.6 Å². The molecule has 0 radical (unpaired) electrons. The van der Waals surface area contributed by atoms with Crippen LogP contribution in [0.2, 0.25) is 0 Å². The van der Waals surface area contributed by atoms with Crippen LogP contribution in [0.15, 0.2) is 30.3 Å². The molecule has 0 N–H and O–H groups in total. The van der Waals surface area contributed by atoms with Gasteiger partial charge in [-0.25, -0.2) is 17.9 Å². The molecule has 2 fully saturated rings. The molecule has 2 saturated heterocycles. The average molecular weight is 514 g/mol. The summed E-state index contributed by atoms with van der Waals surface area (Å²) in [6, 6.07) is 3.20. The number of fused-ring (bicyclic) bond motifs is 2. The van der Waals surface area contributed by atoms with E-state index in [1.807, 2.05) is 6.92 Å².